The van der Waals surface area contributed by atoms with Gasteiger partial charge in [-0.25, -0.2) is 4.39 Å². The fourth-order valence-corrected chi connectivity index (χ4v) is 1.37. The van der Waals surface area contributed by atoms with E-state index < -0.39 is 5.82 Å². The predicted molar refractivity (Wildman–Crippen MR) is 68.1 cm³/mol. The summed E-state index contributed by atoms with van der Waals surface area (Å²) in [5, 5.41) is 2.70. The molecule has 100 valence electrons. The van der Waals surface area contributed by atoms with Gasteiger partial charge in [-0.3, -0.25) is 4.79 Å². The second-order valence-electron chi connectivity index (χ2n) is 4.13. The molecule has 0 heterocycles. The number of rotatable bonds is 6. The van der Waals surface area contributed by atoms with Crippen LogP contribution < -0.4 is 15.8 Å². The van der Waals surface area contributed by atoms with E-state index in [0.29, 0.717) is 19.7 Å². The summed E-state index contributed by atoms with van der Waals surface area (Å²) in [4.78, 5) is 11.7. The van der Waals surface area contributed by atoms with E-state index in [4.69, 9.17) is 10.5 Å². The van der Waals surface area contributed by atoms with E-state index >= 15 is 0 Å². The summed E-state index contributed by atoms with van der Waals surface area (Å²) >= 11 is 0. The van der Waals surface area contributed by atoms with Gasteiger partial charge in [0.25, 0.3) is 5.91 Å². The molecular weight excluding hydrogens is 235 g/mol. The average Bonchev–Trinajstić information content (AvgIpc) is 2.38. The maximum atomic E-state index is 13.5. The molecule has 1 atom stereocenters. The lowest BCUT2D eigenvalue weighted by atomic mass is 10.1. The van der Waals surface area contributed by atoms with Crippen molar-refractivity contribution in [3.05, 3.63) is 29.6 Å². The van der Waals surface area contributed by atoms with Crippen LogP contribution in [0.1, 0.15) is 24.2 Å². The molecular formula is C13H19FN2O2. The van der Waals surface area contributed by atoms with Crippen molar-refractivity contribution in [1.82, 2.24) is 5.32 Å². The van der Waals surface area contributed by atoms with Gasteiger partial charge in [-0.05, 0) is 37.6 Å². The van der Waals surface area contributed by atoms with Crippen LogP contribution in [0, 0.1) is 11.7 Å². The predicted octanol–water partition coefficient (Wildman–Crippen LogP) is 1.55. The maximum absolute atomic E-state index is 13.5. The van der Waals surface area contributed by atoms with E-state index in [2.05, 4.69) is 5.32 Å². The Hall–Kier alpha value is -1.62. The minimum Gasteiger partial charge on any atom is -0.491 e. The first kappa shape index (κ1) is 14.4. The molecule has 0 fully saturated rings. The number of hydrogen-bond acceptors (Lipinski definition) is 3. The second-order valence-corrected chi connectivity index (χ2v) is 4.13. The van der Waals surface area contributed by atoms with Gasteiger partial charge >= 0.3 is 0 Å². The summed E-state index contributed by atoms with van der Waals surface area (Å²) in [5.74, 6) is -0.487. The number of ether oxygens (including phenoxy) is 1. The van der Waals surface area contributed by atoms with Crippen molar-refractivity contribution in [1.29, 1.82) is 0 Å². The summed E-state index contributed by atoms with van der Waals surface area (Å²) in [6.07, 6.45) is 0. The summed E-state index contributed by atoms with van der Waals surface area (Å²) in [6.45, 7) is 5.06. The fourth-order valence-electron chi connectivity index (χ4n) is 1.37. The first-order valence-corrected chi connectivity index (χ1v) is 5.99. The standard InChI is InChI=1S/C13H19FN2O2/c1-3-18-12-5-4-10(6-11(12)14)13(17)16-8-9(2)7-15/h4-6,9H,3,7-8,15H2,1-2H3,(H,16,17). The molecule has 0 aliphatic carbocycles. The number of hydrogen-bond donors (Lipinski definition) is 2. The van der Waals surface area contributed by atoms with Crippen LogP contribution in [0.15, 0.2) is 18.2 Å². The number of carbonyl (C=O) groups is 1. The molecule has 1 rings (SSSR count). The lowest BCUT2D eigenvalue weighted by Crippen LogP contribution is -2.31. The molecule has 0 bridgehead atoms. The van der Waals surface area contributed by atoms with E-state index in [1.165, 1.54) is 18.2 Å². The Labute approximate surface area is 106 Å². The molecule has 1 aromatic carbocycles. The van der Waals surface area contributed by atoms with Crippen molar-refractivity contribution >= 4 is 5.91 Å². The molecule has 0 saturated heterocycles. The molecule has 3 N–H and O–H groups in total. The van der Waals surface area contributed by atoms with Crippen molar-refractivity contribution < 1.29 is 13.9 Å². The SMILES string of the molecule is CCOc1ccc(C(=O)NCC(C)CN)cc1F. The van der Waals surface area contributed by atoms with Crippen LogP contribution in [0.2, 0.25) is 0 Å². The van der Waals surface area contributed by atoms with Gasteiger partial charge in [-0.2, -0.15) is 0 Å². The molecule has 4 nitrogen and oxygen atoms in total. The third kappa shape index (κ3) is 4.00. The van der Waals surface area contributed by atoms with Crippen LogP contribution in [0.5, 0.6) is 5.75 Å². The number of benzene rings is 1. The molecule has 1 aromatic rings. The molecule has 0 aromatic heterocycles. The summed E-state index contributed by atoms with van der Waals surface area (Å²) in [7, 11) is 0. The molecule has 0 radical (unpaired) electrons. The highest BCUT2D eigenvalue weighted by molar-refractivity contribution is 5.94. The van der Waals surface area contributed by atoms with E-state index in [1.807, 2.05) is 6.92 Å². The van der Waals surface area contributed by atoms with Gasteiger partial charge in [-0.1, -0.05) is 6.92 Å². The Balaban J connectivity index is 2.66. The van der Waals surface area contributed by atoms with E-state index in [0.717, 1.165) is 0 Å². The molecule has 0 spiro atoms. The molecule has 1 amide bonds. The number of carbonyl (C=O) groups excluding carboxylic acids is 1. The van der Waals surface area contributed by atoms with Crippen LogP contribution in [0.4, 0.5) is 4.39 Å². The highest BCUT2D eigenvalue weighted by Gasteiger charge is 2.10. The minimum atomic E-state index is -0.531. The molecule has 0 saturated carbocycles. The van der Waals surface area contributed by atoms with Crippen LogP contribution in [-0.2, 0) is 0 Å². The largest absolute Gasteiger partial charge is 0.491 e. The number of amides is 1. The lowest BCUT2D eigenvalue weighted by Gasteiger charge is -2.11. The third-order valence-corrected chi connectivity index (χ3v) is 2.51. The maximum Gasteiger partial charge on any atom is 0.251 e. The van der Waals surface area contributed by atoms with Crippen molar-refractivity contribution in [2.24, 2.45) is 11.7 Å². The topological polar surface area (TPSA) is 64.3 Å². The zero-order valence-electron chi connectivity index (χ0n) is 10.7. The Morgan fingerprint density at radius 3 is 2.83 bits per heavy atom. The normalized spacial score (nSPS) is 12.0. The first-order chi connectivity index (χ1) is 8.58. The van der Waals surface area contributed by atoms with Gasteiger partial charge < -0.3 is 15.8 Å². The molecule has 5 heteroatoms. The highest BCUT2D eigenvalue weighted by Crippen LogP contribution is 2.18. The molecule has 0 aliphatic rings. The Morgan fingerprint density at radius 2 is 2.28 bits per heavy atom. The van der Waals surface area contributed by atoms with E-state index in [-0.39, 0.29) is 23.1 Å². The third-order valence-electron chi connectivity index (χ3n) is 2.51. The van der Waals surface area contributed by atoms with Crippen LogP contribution in [0.25, 0.3) is 0 Å². The highest BCUT2D eigenvalue weighted by atomic mass is 19.1. The Bertz CT molecular complexity index is 410. The fraction of sp³-hybridized carbons (Fsp3) is 0.462. The van der Waals surface area contributed by atoms with Gasteiger partial charge in [0.1, 0.15) is 0 Å². The van der Waals surface area contributed by atoms with Gasteiger partial charge in [0.15, 0.2) is 11.6 Å². The summed E-state index contributed by atoms with van der Waals surface area (Å²) < 4.78 is 18.6. The number of halogens is 1. The van der Waals surface area contributed by atoms with Gasteiger partial charge in [0, 0.05) is 12.1 Å². The Morgan fingerprint density at radius 1 is 1.56 bits per heavy atom. The smallest absolute Gasteiger partial charge is 0.251 e. The summed E-state index contributed by atoms with van der Waals surface area (Å²) in [6, 6.07) is 4.17. The van der Waals surface area contributed by atoms with Crippen molar-refractivity contribution in [2.75, 3.05) is 19.7 Å². The minimum absolute atomic E-state index is 0.157. The first-order valence-electron chi connectivity index (χ1n) is 5.99. The zero-order chi connectivity index (χ0) is 13.5. The van der Waals surface area contributed by atoms with Gasteiger partial charge in [-0.15, -0.1) is 0 Å². The zero-order valence-corrected chi connectivity index (χ0v) is 10.7. The molecule has 0 aliphatic heterocycles. The van der Waals surface area contributed by atoms with E-state index in [1.54, 1.807) is 6.92 Å². The van der Waals surface area contributed by atoms with Gasteiger partial charge in [0.2, 0.25) is 0 Å². The number of nitrogens with one attached hydrogen (secondary N) is 1. The van der Waals surface area contributed by atoms with Crippen molar-refractivity contribution in [2.45, 2.75) is 13.8 Å². The van der Waals surface area contributed by atoms with Gasteiger partial charge in [0.05, 0.1) is 6.61 Å². The lowest BCUT2D eigenvalue weighted by molar-refractivity contribution is 0.0948. The average molecular weight is 254 g/mol. The van der Waals surface area contributed by atoms with Crippen molar-refractivity contribution in [3.63, 3.8) is 0 Å². The molecule has 18 heavy (non-hydrogen) atoms. The van der Waals surface area contributed by atoms with E-state index in [9.17, 15) is 9.18 Å². The summed E-state index contributed by atoms with van der Waals surface area (Å²) in [5.41, 5.74) is 5.72. The van der Waals surface area contributed by atoms with Crippen molar-refractivity contribution in [3.8, 4) is 5.75 Å². The quantitative estimate of drug-likeness (QED) is 0.809. The second kappa shape index (κ2) is 6.96. The monoisotopic (exact) mass is 254 g/mol. The Kier molecular flexibility index (Phi) is 5.58. The van der Waals surface area contributed by atoms with Crippen LogP contribution in [0.3, 0.4) is 0 Å². The van der Waals surface area contributed by atoms with Crippen LogP contribution in [-0.4, -0.2) is 25.6 Å². The van der Waals surface area contributed by atoms with Crippen LogP contribution >= 0.6 is 0 Å². The number of nitrogens with two attached hydrogens (primary N) is 1. The molecule has 1 unspecified atom stereocenters.